The molecule has 3 N–H and O–H groups in total. The third-order valence-corrected chi connectivity index (χ3v) is 6.26. The molecule has 0 aromatic carbocycles. The molecule has 1 aromatic rings. The van der Waals surface area contributed by atoms with Gasteiger partial charge in [0, 0.05) is 42.3 Å². The molecule has 0 radical (unpaired) electrons. The van der Waals surface area contributed by atoms with Crippen molar-refractivity contribution in [3.63, 3.8) is 0 Å². The summed E-state index contributed by atoms with van der Waals surface area (Å²) < 4.78 is 1.80. The molecule has 1 saturated heterocycles. The lowest BCUT2D eigenvalue weighted by molar-refractivity contribution is -0.125. The molecule has 4 atom stereocenters. The number of aliphatic hydroxyl groups excluding tert-OH is 1. The maximum absolute atomic E-state index is 12.8. The smallest absolute Gasteiger partial charge is 0.258 e. The van der Waals surface area contributed by atoms with E-state index in [-0.39, 0.29) is 42.0 Å². The Hall–Kier alpha value is -1.92. The van der Waals surface area contributed by atoms with Crippen molar-refractivity contribution < 1.29 is 9.90 Å². The van der Waals surface area contributed by atoms with E-state index in [4.69, 9.17) is 0 Å². The molecule has 1 aliphatic carbocycles. The zero-order valence-electron chi connectivity index (χ0n) is 15.1. The second-order valence-electron chi connectivity index (χ2n) is 7.75. The van der Waals surface area contributed by atoms with Gasteiger partial charge >= 0.3 is 0 Å². The third kappa shape index (κ3) is 2.81. The van der Waals surface area contributed by atoms with Crippen LogP contribution in [0.5, 0.6) is 0 Å². The summed E-state index contributed by atoms with van der Waals surface area (Å²) in [6.45, 7) is 2.39. The topological polar surface area (TPSA) is 83.4 Å². The van der Waals surface area contributed by atoms with Crippen LogP contribution in [0.2, 0.25) is 0 Å². The second kappa shape index (κ2) is 7.00. The monoisotopic (exact) mass is 357 g/mol. The van der Waals surface area contributed by atoms with Crippen molar-refractivity contribution in [2.75, 3.05) is 6.61 Å². The molecule has 0 spiro atoms. The van der Waals surface area contributed by atoms with E-state index in [0.717, 1.165) is 18.5 Å². The number of pyridine rings is 1. The number of nitrogens with one attached hydrogen (secondary N) is 2. The molecule has 140 valence electrons. The lowest BCUT2D eigenvalue weighted by atomic mass is 9.88. The van der Waals surface area contributed by atoms with Crippen molar-refractivity contribution in [1.82, 2.24) is 15.2 Å². The van der Waals surface area contributed by atoms with E-state index in [9.17, 15) is 14.7 Å². The van der Waals surface area contributed by atoms with E-state index in [1.54, 1.807) is 4.57 Å². The van der Waals surface area contributed by atoms with Crippen LogP contribution in [-0.4, -0.2) is 34.3 Å². The largest absolute Gasteiger partial charge is 0.396 e. The molecule has 0 bridgehead atoms. The van der Waals surface area contributed by atoms with Crippen molar-refractivity contribution in [3.05, 3.63) is 39.8 Å². The van der Waals surface area contributed by atoms with Crippen LogP contribution < -0.4 is 16.2 Å². The summed E-state index contributed by atoms with van der Waals surface area (Å²) in [5.74, 6) is -0.122. The van der Waals surface area contributed by atoms with E-state index in [1.807, 2.05) is 31.2 Å². The number of hydrogen-bond donors (Lipinski definition) is 3. The SMILES string of the molecule is C/C=C/c1ccc2n(c1=O)C[C@@H]1[C@@H](CO)[C@H](C(=O)NC3CCCC3)N[C@H]21. The van der Waals surface area contributed by atoms with Crippen molar-refractivity contribution in [2.45, 2.75) is 57.3 Å². The van der Waals surface area contributed by atoms with Crippen molar-refractivity contribution in [1.29, 1.82) is 0 Å². The van der Waals surface area contributed by atoms with Gasteiger partial charge in [-0.2, -0.15) is 0 Å². The molecule has 3 heterocycles. The highest BCUT2D eigenvalue weighted by atomic mass is 16.3. The Morgan fingerprint density at radius 3 is 2.85 bits per heavy atom. The first-order valence-electron chi connectivity index (χ1n) is 9.67. The quantitative estimate of drug-likeness (QED) is 0.756. The number of fused-ring (bicyclic) bond motifs is 3. The molecular weight excluding hydrogens is 330 g/mol. The van der Waals surface area contributed by atoms with Gasteiger partial charge in [-0.25, -0.2) is 0 Å². The number of carbonyl (C=O) groups excluding carboxylic acids is 1. The zero-order chi connectivity index (χ0) is 18.3. The minimum atomic E-state index is -0.394. The van der Waals surface area contributed by atoms with Crippen LogP contribution in [0.3, 0.4) is 0 Å². The summed E-state index contributed by atoms with van der Waals surface area (Å²) >= 11 is 0. The molecule has 0 unspecified atom stereocenters. The number of amides is 1. The first-order chi connectivity index (χ1) is 12.6. The van der Waals surface area contributed by atoms with Crippen LogP contribution in [0.4, 0.5) is 0 Å². The predicted molar refractivity (Wildman–Crippen MR) is 99.5 cm³/mol. The molecule has 26 heavy (non-hydrogen) atoms. The molecular formula is C20H27N3O3. The Labute approximate surface area is 153 Å². The van der Waals surface area contributed by atoms with E-state index in [0.29, 0.717) is 12.1 Å². The van der Waals surface area contributed by atoms with Gasteiger partial charge in [0.2, 0.25) is 5.91 Å². The van der Waals surface area contributed by atoms with Gasteiger partial charge in [-0.3, -0.25) is 14.9 Å². The van der Waals surface area contributed by atoms with E-state index < -0.39 is 6.04 Å². The summed E-state index contributed by atoms with van der Waals surface area (Å²) in [5.41, 5.74) is 1.59. The minimum Gasteiger partial charge on any atom is -0.396 e. The second-order valence-corrected chi connectivity index (χ2v) is 7.75. The van der Waals surface area contributed by atoms with Gasteiger partial charge in [0.25, 0.3) is 5.56 Å². The summed E-state index contributed by atoms with van der Waals surface area (Å²) in [5, 5.41) is 16.5. The summed E-state index contributed by atoms with van der Waals surface area (Å²) in [6.07, 6.45) is 8.10. The van der Waals surface area contributed by atoms with Crippen LogP contribution >= 0.6 is 0 Å². The number of allylic oxidation sites excluding steroid dienone is 1. The maximum Gasteiger partial charge on any atom is 0.258 e. The highest BCUT2D eigenvalue weighted by molar-refractivity contribution is 5.83. The first-order valence-corrected chi connectivity index (χ1v) is 9.67. The van der Waals surface area contributed by atoms with E-state index in [2.05, 4.69) is 10.6 Å². The van der Waals surface area contributed by atoms with Gasteiger partial charge in [0.15, 0.2) is 0 Å². The number of aromatic nitrogens is 1. The highest BCUT2D eigenvalue weighted by Crippen LogP contribution is 2.42. The van der Waals surface area contributed by atoms with Crippen LogP contribution in [0.1, 0.15) is 49.9 Å². The molecule has 1 aromatic heterocycles. The molecule has 4 rings (SSSR count). The molecule has 2 fully saturated rings. The average molecular weight is 357 g/mol. The number of aliphatic hydroxyl groups is 1. The summed E-state index contributed by atoms with van der Waals surface area (Å²) in [4.78, 5) is 25.4. The molecule has 6 heteroatoms. The molecule has 2 aliphatic heterocycles. The first kappa shape index (κ1) is 17.5. The average Bonchev–Trinajstić information content (AvgIpc) is 3.32. The normalized spacial score (nSPS) is 30.7. The van der Waals surface area contributed by atoms with Crippen LogP contribution in [0.15, 0.2) is 23.0 Å². The molecule has 3 aliphatic rings. The van der Waals surface area contributed by atoms with Gasteiger partial charge < -0.3 is 15.0 Å². The fourth-order valence-electron chi connectivity index (χ4n) is 4.94. The van der Waals surface area contributed by atoms with Crippen molar-refractivity contribution >= 4 is 12.0 Å². The van der Waals surface area contributed by atoms with Crippen molar-refractivity contribution in [2.24, 2.45) is 11.8 Å². The minimum absolute atomic E-state index is 0.000414. The van der Waals surface area contributed by atoms with Gasteiger partial charge in [0.05, 0.1) is 12.1 Å². The fourth-order valence-corrected chi connectivity index (χ4v) is 4.94. The van der Waals surface area contributed by atoms with Crippen LogP contribution in [0, 0.1) is 11.8 Å². The van der Waals surface area contributed by atoms with Crippen molar-refractivity contribution in [3.8, 4) is 0 Å². The number of nitrogens with zero attached hydrogens (tertiary/aromatic N) is 1. The number of rotatable bonds is 4. The standard InChI is InChI=1S/C20H27N3O3/c1-2-5-12-8-9-16-17-14(10-23(16)20(12)26)15(11-24)18(22-17)19(25)21-13-6-3-4-7-13/h2,5,8-9,13-15,17-18,22,24H,3-4,6-7,10-11H2,1H3,(H,21,25)/b5-2+/t14-,15-,17+,18-/m1/s1. The van der Waals surface area contributed by atoms with Gasteiger partial charge in [-0.1, -0.05) is 25.0 Å². The third-order valence-electron chi connectivity index (χ3n) is 6.26. The van der Waals surface area contributed by atoms with Gasteiger partial charge in [-0.15, -0.1) is 0 Å². The highest BCUT2D eigenvalue weighted by Gasteiger charge is 2.50. The molecule has 1 saturated carbocycles. The Kier molecular flexibility index (Phi) is 4.71. The Bertz CT molecular complexity index is 779. The molecule has 6 nitrogen and oxygen atoms in total. The fraction of sp³-hybridized carbons (Fsp3) is 0.600. The van der Waals surface area contributed by atoms with E-state index in [1.165, 1.54) is 12.8 Å². The maximum atomic E-state index is 12.8. The lowest BCUT2D eigenvalue weighted by Crippen LogP contribution is -2.48. The van der Waals surface area contributed by atoms with Crippen LogP contribution in [0.25, 0.3) is 6.08 Å². The lowest BCUT2D eigenvalue weighted by Gasteiger charge is -2.23. The van der Waals surface area contributed by atoms with Gasteiger partial charge in [0.1, 0.15) is 0 Å². The Morgan fingerprint density at radius 1 is 1.38 bits per heavy atom. The Morgan fingerprint density at radius 2 is 2.15 bits per heavy atom. The summed E-state index contributed by atoms with van der Waals surface area (Å²) in [6, 6.07) is 3.63. The van der Waals surface area contributed by atoms with Crippen LogP contribution in [-0.2, 0) is 11.3 Å². The van der Waals surface area contributed by atoms with Gasteiger partial charge in [-0.05, 0) is 31.9 Å². The molecule has 1 amide bonds. The van der Waals surface area contributed by atoms with E-state index >= 15 is 0 Å². The Balaban J connectivity index is 1.57. The summed E-state index contributed by atoms with van der Waals surface area (Å²) in [7, 11) is 0. The number of hydrogen-bond acceptors (Lipinski definition) is 4. The predicted octanol–water partition coefficient (Wildman–Crippen LogP) is 1.19. The zero-order valence-corrected chi connectivity index (χ0v) is 15.1. The number of carbonyl (C=O) groups is 1.